The number of nitrogens with one attached hydrogen (secondary N) is 1. The highest BCUT2D eigenvalue weighted by Gasteiger charge is 2.41. The molecule has 7 heteroatoms. The van der Waals surface area contributed by atoms with Crippen LogP contribution in [0.4, 0.5) is 0 Å². The molecule has 0 amide bonds. The van der Waals surface area contributed by atoms with E-state index in [1.165, 1.54) is 6.92 Å². The topological polar surface area (TPSA) is 81.7 Å². The minimum absolute atomic E-state index is 0.00873. The first-order valence-electron chi connectivity index (χ1n) is 12.2. The third-order valence-corrected chi connectivity index (χ3v) is 7.00. The van der Waals surface area contributed by atoms with Crippen LogP contribution in [0.5, 0.6) is 5.75 Å². The molecule has 3 atom stereocenters. The van der Waals surface area contributed by atoms with Crippen molar-refractivity contribution in [1.82, 2.24) is 5.32 Å². The van der Waals surface area contributed by atoms with E-state index in [-0.39, 0.29) is 17.8 Å². The Morgan fingerprint density at radius 2 is 1.69 bits per heavy atom. The Morgan fingerprint density at radius 3 is 2.31 bits per heavy atom. The molecule has 6 nitrogen and oxygen atoms in total. The average Bonchev–Trinajstić information content (AvgIpc) is 2.83. The number of ketones is 1. The van der Waals surface area contributed by atoms with Crippen molar-refractivity contribution in [3.05, 3.63) is 87.2 Å². The SMILES string of the molecule is CC[C@@H](C)OC(=O)C1=C(C)NC2=C(C(=O)C[C@H](c3ccc(Cl)cc3)C2)[C@@H]1c1ccc(OC(C)=O)cc1. The fourth-order valence-electron chi connectivity index (χ4n) is 4.84. The van der Waals surface area contributed by atoms with Crippen molar-refractivity contribution in [3.63, 3.8) is 0 Å². The predicted molar refractivity (Wildman–Crippen MR) is 138 cm³/mol. The van der Waals surface area contributed by atoms with E-state index >= 15 is 0 Å². The molecule has 1 heterocycles. The van der Waals surface area contributed by atoms with Crippen LogP contribution in [0.3, 0.4) is 0 Å². The number of halogens is 1. The molecule has 0 bridgehead atoms. The number of carbonyl (C=O) groups is 3. The number of hydrogen-bond donors (Lipinski definition) is 1. The van der Waals surface area contributed by atoms with Gasteiger partial charge in [-0.1, -0.05) is 42.8 Å². The van der Waals surface area contributed by atoms with E-state index in [2.05, 4.69) is 5.32 Å². The molecule has 0 saturated heterocycles. The maximum absolute atomic E-state index is 13.7. The van der Waals surface area contributed by atoms with Gasteiger partial charge >= 0.3 is 11.9 Å². The summed E-state index contributed by atoms with van der Waals surface area (Å²) in [6, 6.07) is 14.5. The number of benzene rings is 2. The third-order valence-electron chi connectivity index (χ3n) is 6.75. The molecule has 1 aliphatic carbocycles. The number of Topliss-reactive ketones (excluding diaryl/α,β-unsaturated/α-hetero) is 1. The maximum Gasteiger partial charge on any atom is 0.337 e. The van der Waals surface area contributed by atoms with Crippen molar-refractivity contribution in [2.45, 2.75) is 64.9 Å². The lowest BCUT2D eigenvalue weighted by Gasteiger charge is -2.37. The van der Waals surface area contributed by atoms with Gasteiger partial charge in [0.1, 0.15) is 5.75 Å². The van der Waals surface area contributed by atoms with Crippen LogP contribution in [-0.4, -0.2) is 23.8 Å². The van der Waals surface area contributed by atoms with Crippen molar-refractivity contribution >= 4 is 29.3 Å². The van der Waals surface area contributed by atoms with Gasteiger partial charge in [-0.2, -0.15) is 0 Å². The summed E-state index contributed by atoms with van der Waals surface area (Å²) < 4.78 is 10.9. The highest BCUT2D eigenvalue weighted by Crippen LogP contribution is 2.46. The van der Waals surface area contributed by atoms with E-state index in [0.29, 0.717) is 46.9 Å². The van der Waals surface area contributed by atoms with Crippen LogP contribution in [0.2, 0.25) is 5.02 Å². The van der Waals surface area contributed by atoms with Gasteiger partial charge in [0.2, 0.25) is 0 Å². The molecule has 0 fully saturated rings. The van der Waals surface area contributed by atoms with Crippen molar-refractivity contribution in [2.75, 3.05) is 0 Å². The highest BCUT2D eigenvalue weighted by molar-refractivity contribution is 6.30. The molecular formula is C29H30ClNO5. The normalized spacial score (nSPS) is 20.4. The first kappa shape index (κ1) is 25.7. The van der Waals surface area contributed by atoms with Crippen molar-refractivity contribution in [2.24, 2.45) is 0 Å². The molecular weight excluding hydrogens is 478 g/mol. The van der Waals surface area contributed by atoms with Crippen molar-refractivity contribution < 1.29 is 23.9 Å². The Labute approximate surface area is 216 Å². The number of allylic oxidation sites excluding steroid dienone is 3. The van der Waals surface area contributed by atoms with E-state index in [0.717, 1.165) is 16.8 Å². The Morgan fingerprint density at radius 1 is 1.06 bits per heavy atom. The molecule has 4 rings (SSSR count). The first-order chi connectivity index (χ1) is 17.2. The van der Waals surface area contributed by atoms with Crippen LogP contribution >= 0.6 is 11.6 Å². The predicted octanol–water partition coefficient (Wildman–Crippen LogP) is 5.97. The molecule has 0 radical (unpaired) electrons. The zero-order valence-corrected chi connectivity index (χ0v) is 21.6. The maximum atomic E-state index is 13.7. The summed E-state index contributed by atoms with van der Waals surface area (Å²) in [7, 11) is 0. The molecule has 2 aliphatic rings. The number of hydrogen-bond acceptors (Lipinski definition) is 6. The molecule has 1 aliphatic heterocycles. The van der Waals surface area contributed by atoms with Crippen LogP contribution in [-0.2, 0) is 19.1 Å². The Bertz CT molecular complexity index is 1240. The minimum atomic E-state index is -0.581. The lowest BCUT2D eigenvalue weighted by Crippen LogP contribution is -2.36. The van der Waals surface area contributed by atoms with Gasteiger partial charge in [0.05, 0.1) is 11.7 Å². The molecule has 0 saturated carbocycles. The fraction of sp³-hybridized carbons (Fsp3) is 0.345. The Hall–Kier alpha value is -3.38. The van der Waals surface area contributed by atoms with Crippen LogP contribution in [0.1, 0.15) is 69.9 Å². The summed E-state index contributed by atoms with van der Waals surface area (Å²) in [4.78, 5) is 38.4. The van der Waals surface area contributed by atoms with Crippen molar-refractivity contribution in [1.29, 1.82) is 0 Å². The molecule has 0 spiro atoms. The van der Waals surface area contributed by atoms with Crippen LogP contribution < -0.4 is 10.1 Å². The quantitative estimate of drug-likeness (QED) is 0.383. The zero-order valence-electron chi connectivity index (χ0n) is 20.9. The fourth-order valence-corrected chi connectivity index (χ4v) is 4.96. The number of esters is 2. The molecule has 36 heavy (non-hydrogen) atoms. The molecule has 2 aromatic rings. The van der Waals surface area contributed by atoms with Crippen molar-refractivity contribution in [3.8, 4) is 5.75 Å². The molecule has 0 unspecified atom stereocenters. The van der Waals surface area contributed by atoms with E-state index in [4.69, 9.17) is 21.1 Å². The summed E-state index contributed by atoms with van der Waals surface area (Å²) in [5.41, 5.74) is 4.30. The van der Waals surface area contributed by atoms with Crippen LogP contribution in [0.15, 0.2) is 71.1 Å². The first-order valence-corrected chi connectivity index (χ1v) is 12.5. The monoisotopic (exact) mass is 507 g/mol. The number of carbonyl (C=O) groups excluding carboxylic acids is 3. The molecule has 2 aromatic carbocycles. The van der Waals surface area contributed by atoms with Gasteiger partial charge in [-0.15, -0.1) is 0 Å². The van der Waals surface area contributed by atoms with Gasteiger partial charge in [0.15, 0.2) is 5.78 Å². The Kier molecular flexibility index (Phi) is 7.65. The summed E-state index contributed by atoms with van der Waals surface area (Å²) in [5.74, 6) is -1.05. The van der Waals surface area contributed by atoms with E-state index in [1.54, 1.807) is 24.3 Å². The largest absolute Gasteiger partial charge is 0.459 e. The van der Waals surface area contributed by atoms with Gasteiger partial charge < -0.3 is 14.8 Å². The molecule has 0 aromatic heterocycles. The summed E-state index contributed by atoms with van der Waals surface area (Å²) in [5, 5.41) is 4.01. The zero-order chi connectivity index (χ0) is 26.0. The van der Waals surface area contributed by atoms with Gasteiger partial charge in [0, 0.05) is 41.3 Å². The van der Waals surface area contributed by atoms with E-state index in [9.17, 15) is 14.4 Å². The summed E-state index contributed by atoms with van der Waals surface area (Å²) >= 11 is 6.06. The van der Waals surface area contributed by atoms with E-state index in [1.807, 2.05) is 45.0 Å². The minimum Gasteiger partial charge on any atom is -0.459 e. The van der Waals surface area contributed by atoms with E-state index < -0.39 is 17.9 Å². The highest BCUT2D eigenvalue weighted by atomic mass is 35.5. The second kappa shape index (κ2) is 10.7. The summed E-state index contributed by atoms with van der Waals surface area (Å²) in [6.45, 7) is 6.98. The van der Waals surface area contributed by atoms with Gasteiger partial charge in [-0.25, -0.2) is 4.79 Å². The van der Waals surface area contributed by atoms with Gasteiger partial charge in [-0.05, 0) is 68.0 Å². The average molecular weight is 508 g/mol. The number of rotatable bonds is 6. The second-order valence-electron chi connectivity index (χ2n) is 9.36. The van der Waals surface area contributed by atoms with Crippen LogP contribution in [0, 0.1) is 0 Å². The summed E-state index contributed by atoms with van der Waals surface area (Å²) in [6.07, 6.45) is 1.40. The Balaban J connectivity index is 1.76. The lowest BCUT2D eigenvalue weighted by atomic mass is 9.71. The number of ether oxygens (including phenoxy) is 2. The van der Waals surface area contributed by atoms with Gasteiger partial charge in [0.25, 0.3) is 0 Å². The smallest absolute Gasteiger partial charge is 0.337 e. The van der Waals surface area contributed by atoms with Gasteiger partial charge in [-0.3, -0.25) is 9.59 Å². The second-order valence-corrected chi connectivity index (χ2v) is 9.79. The molecule has 1 N–H and O–H groups in total. The van der Waals surface area contributed by atoms with Crippen LogP contribution in [0.25, 0.3) is 0 Å². The third kappa shape index (κ3) is 5.39. The molecule has 188 valence electrons. The standard InChI is InChI=1S/C29H30ClNO5/c1-5-16(2)35-29(34)26-17(3)31-24-14-21(19-6-10-22(30)11-7-19)15-25(33)28(24)27(26)20-8-12-23(13-9-20)36-18(4)32/h6-13,16,21,27,31H,5,14-15H2,1-4H3/t16-,21-,27-/m1/s1. The number of dihydropyridines is 1. The lowest BCUT2D eigenvalue weighted by molar-refractivity contribution is -0.144.